The van der Waals surface area contributed by atoms with Crippen molar-refractivity contribution in [1.82, 2.24) is 9.88 Å². The van der Waals surface area contributed by atoms with Crippen LogP contribution in [0.5, 0.6) is 5.75 Å². The van der Waals surface area contributed by atoms with Crippen molar-refractivity contribution >= 4 is 5.91 Å². The van der Waals surface area contributed by atoms with Gasteiger partial charge in [-0.3, -0.25) is 14.2 Å². The van der Waals surface area contributed by atoms with E-state index in [-0.39, 0.29) is 16.9 Å². The highest BCUT2D eigenvalue weighted by atomic mass is 16.3. The van der Waals surface area contributed by atoms with Gasteiger partial charge in [0.25, 0.3) is 11.5 Å². The number of hydrogen-bond donors (Lipinski definition) is 2. The monoisotopic (exact) mass is 334 g/mol. The Kier molecular flexibility index (Phi) is 4.66. The van der Waals surface area contributed by atoms with Gasteiger partial charge in [-0.05, 0) is 24.6 Å². The van der Waals surface area contributed by atoms with Crippen LogP contribution in [0, 0.1) is 6.92 Å². The molecule has 126 valence electrons. The zero-order chi connectivity index (χ0) is 17.8. The number of amides is 1. The number of aromatic hydroxyl groups is 1. The molecule has 0 aliphatic carbocycles. The minimum Gasteiger partial charge on any atom is -0.507 e. The van der Waals surface area contributed by atoms with E-state index in [0.717, 1.165) is 11.6 Å². The smallest absolute Gasteiger partial charge is 0.259 e. The zero-order valence-corrected chi connectivity index (χ0v) is 13.8. The van der Waals surface area contributed by atoms with Gasteiger partial charge in [0.1, 0.15) is 11.3 Å². The average molecular weight is 334 g/mol. The lowest BCUT2D eigenvalue weighted by atomic mass is 10.1. The summed E-state index contributed by atoms with van der Waals surface area (Å²) in [6.07, 6.45) is 0. The van der Waals surface area contributed by atoms with E-state index in [1.165, 1.54) is 4.57 Å². The van der Waals surface area contributed by atoms with Crippen LogP contribution in [0.4, 0.5) is 0 Å². The SMILES string of the molecule is Cc1c(C(=O)NCc2ccccc2)c(O)cc(=O)n1-c1ccccc1. The van der Waals surface area contributed by atoms with Gasteiger partial charge in [-0.2, -0.15) is 0 Å². The molecule has 0 saturated carbocycles. The summed E-state index contributed by atoms with van der Waals surface area (Å²) in [7, 11) is 0. The molecule has 1 amide bonds. The van der Waals surface area contributed by atoms with Gasteiger partial charge in [0.15, 0.2) is 0 Å². The van der Waals surface area contributed by atoms with Crippen molar-refractivity contribution in [3.63, 3.8) is 0 Å². The fourth-order valence-corrected chi connectivity index (χ4v) is 2.76. The van der Waals surface area contributed by atoms with E-state index in [0.29, 0.717) is 17.9 Å². The summed E-state index contributed by atoms with van der Waals surface area (Å²) >= 11 is 0. The summed E-state index contributed by atoms with van der Waals surface area (Å²) in [5.41, 5.74) is 1.69. The van der Waals surface area contributed by atoms with Gasteiger partial charge in [0, 0.05) is 24.0 Å². The molecule has 0 saturated heterocycles. The van der Waals surface area contributed by atoms with E-state index >= 15 is 0 Å². The Balaban J connectivity index is 1.96. The third kappa shape index (κ3) is 3.45. The van der Waals surface area contributed by atoms with E-state index in [4.69, 9.17) is 0 Å². The van der Waals surface area contributed by atoms with E-state index in [1.54, 1.807) is 19.1 Å². The van der Waals surface area contributed by atoms with E-state index < -0.39 is 5.91 Å². The van der Waals surface area contributed by atoms with Crippen LogP contribution in [0.15, 0.2) is 71.5 Å². The number of rotatable bonds is 4. The first-order chi connectivity index (χ1) is 12.1. The largest absolute Gasteiger partial charge is 0.507 e. The van der Waals surface area contributed by atoms with Crippen molar-refractivity contribution in [3.05, 3.63) is 93.9 Å². The molecule has 0 atom stereocenters. The van der Waals surface area contributed by atoms with Crippen LogP contribution in [0.3, 0.4) is 0 Å². The summed E-state index contributed by atoms with van der Waals surface area (Å²) in [5.74, 6) is -0.747. The molecule has 0 radical (unpaired) electrons. The molecule has 0 unspecified atom stereocenters. The standard InChI is InChI=1S/C20H18N2O3/c1-14-19(20(25)21-13-15-8-4-2-5-9-15)17(23)12-18(24)22(14)16-10-6-3-7-11-16/h2-12,23H,13H2,1H3,(H,21,25). The number of carbonyl (C=O) groups is 1. The summed E-state index contributed by atoms with van der Waals surface area (Å²) in [4.78, 5) is 24.9. The molecule has 2 N–H and O–H groups in total. The second-order valence-corrected chi connectivity index (χ2v) is 5.67. The molecule has 5 heteroatoms. The lowest BCUT2D eigenvalue weighted by Crippen LogP contribution is -2.28. The Morgan fingerprint density at radius 2 is 1.64 bits per heavy atom. The predicted octanol–water partition coefficient (Wildman–Crippen LogP) is 2.78. The molecule has 1 heterocycles. The Bertz CT molecular complexity index is 948. The van der Waals surface area contributed by atoms with Gasteiger partial charge in [0.2, 0.25) is 0 Å². The van der Waals surface area contributed by atoms with E-state index in [2.05, 4.69) is 5.32 Å². The first-order valence-corrected chi connectivity index (χ1v) is 7.91. The molecule has 0 bridgehead atoms. The highest BCUT2D eigenvalue weighted by Crippen LogP contribution is 2.21. The lowest BCUT2D eigenvalue weighted by molar-refractivity contribution is 0.0946. The van der Waals surface area contributed by atoms with Crippen LogP contribution >= 0.6 is 0 Å². The highest BCUT2D eigenvalue weighted by Gasteiger charge is 2.19. The maximum atomic E-state index is 12.6. The van der Waals surface area contributed by atoms with Crippen molar-refractivity contribution in [1.29, 1.82) is 0 Å². The van der Waals surface area contributed by atoms with Gasteiger partial charge in [-0.25, -0.2) is 0 Å². The topological polar surface area (TPSA) is 71.3 Å². The molecule has 0 aliphatic heterocycles. The molecule has 2 aromatic carbocycles. The van der Waals surface area contributed by atoms with Gasteiger partial charge in [0.05, 0.1) is 0 Å². The second-order valence-electron chi connectivity index (χ2n) is 5.67. The van der Waals surface area contributed by atoms with E-state index in [9.17, 15) is 14.7 Å². The summed E-state index contributed by atoms with van der Waals surface area (Å²) in [6, 6.07) is 19.6. The first-order valence-electron chi connectivity index (χ1n) is 7.91. The number of nitrogens with zero attached hydrogens (tertiary/aromatic N) is 1. The third-order valence-electron chi connectivity index (χ3n) is 3.97. The maximum Gasteiger partial charge on any atom is 0.259 e. The Morgan fingerprint density at radius 1 is 1.04 bits per heavy atom. The van der Waals surface area contributed by atoms with E-state index in [1.807, 2.05) is 48.5 Å². The van der Waals surface area contributed by atoms with Crippen molar-refractivity contribution in [3.8, 4) is 11.4 Å². The number of para-hydroxylation sites is 1. The molecular weight excluding hydrogens is 316 g/mol. The molecule has 5 nitrogen and oxygen atoms in total. The molecular formula is C20H18N2O3. The Labute approximate surface area is 145 Å². The summed E-state index contributed by atoms with van der Waals surface area (Å²) in [6.45, 7) is 1.98. The fourth-order valence-electron chi connectivity index (χ4n) is 2.76. The molecule has 0 fully saturated rings. The molecule has 0 spiro atoms. The molecule has 3 aromatic rings. The maximum absolute atomic E-state index is 12.6. The van der Waals surface area contributed by atoms with Crippen LogP contribution in [-0.4, -0.2) is 15.6 Å². The molecule has 0 aliphatic rings. The number of aromatic nitrogens is 1. The van der Waals surface area contributed by atoms with Crippen LogP contribution in [0.1, 0.15) is 21.6 Å². The molecule has 3 rings (SSSR count). The van der Waals surface area contributed by atoms with Crippen LogP contribution in [0.25, 0.3) is 5.69 Å². The second kappa shape index (κ2) is 7.05. The van der Waals surface area contributed by atoms with Gasteiger partial charge in [-0.15, -0.1) is 0 Å². The third-order valence-corrected chi connectivity index (χ3v) is 3.97. The number of hydrogen-bond acceptors (Lipinski definition) is 3. The Morgan fingerprint density at radius 3 is 2.28 bits per heavy atom. The quantitative estimate of drug-likeness (QED) is 0.771. The van der Waals surface area contributed by atoms with Crippen LogP contribution in [0.2, 0.25) is 0 Å². The molecule has 1 aromatic heterocycles. The number of nitrogens with one attached hydrogen (secondary N) is 1. The van der Waals surface area contributed by atoms with Crippen LogP contribution in [-0.2, 0) is 6.54 Å². The van der Waals surface area contributed by atoms with Crippen LogP contribution < -0.4 is 10.9 Å². The fraction of sp³-hybridized carbons (Fsp3) is 0.100. The van der Waals surface area contributed by atoms with Gasteiger partial charge < -0.3 is 10.4 Å². The minimum absolute atomic E-state index is 0.0967. The molecule has 25 heavy (non-hydrogen) atoms. The van der Waals surface area contributed by atoms with Crippen molar-refractivity contribution < 1.29 is 9.90 Å². The minimum atomic E-state index is -0.427. The van der Waals surface area contributed by atoms with Crippen molar-refractivity contribution in [2.45, 2.75) is 13.5 Å². The first kappa shape index (κ1) is 16.5. The summed E-state index contributed by atoms with van der Waals surface area (Å²) < 4.78 is 1.41. The average Bonchev–Trinajstić information content (AvgIpc) is 2.61. The number of carbonyl (C=O) groups excluding carboxylic acids is 1. The Hall–Kier alpha value is -3.34. The normalized spacial score (nSPS) is 10.4. The van der Waals surface area contributed by atoms with Gasteiger partial charge >= 0.3 is 0 Å². The predicted molar refractivity (Wildman–Crippen MR) is 96.1 cm³/mol. The van der Waals surface area contributed by atoms with Gasteiger partial charge in [-0.1, -0.05) is 48.5 Å². The number of pyridine rings is 1. The zero-order valence-electron chi connectivity index (χ0n) is 13.8. The van der Waals surface area contributed by atoms with Crippen molar-refractivity contribution in [2.24, 2.45) is 0 Å². The summed E-state index contributed by atoms with van der Waals surface area (Å²) in [5, 5.41) is 12.9. The van der Waals surface area contributed by atoms with Crippen molar-refractivity contribution in [2.75, 3.05) is 0 Å². The lowest BCUT2D eigenvalue weighted by Gasteiger charge is -2.15. The highest BCUT2D eigenvalue weighted by molar-refractivity contribution is 5.97. The number of benzene rings is 2.